The third kappa shape index (κ3) is 2.73. The summed E-state index contributed by atoms with van der Waals surface area (Å²) in [7, 11) is 0. The first kappa shape index (κ1) is 15.7. The number of aromatic amines is 1. The highest BCUT2D eigenvalue weighted by atomic mass is 16.2. The van der Waals surface area contributed by atoms with Crippen LogP contribution in [0.1, 0.15) is 60.4 Å². The normalized spacial score (nSPS) is 32.2. The van der Waals surface area contributed by atoms with Crippen LogP contribution in [0.3, 0.4) is 0 Å². The van der Waals surface area contributed by atoms with Gasteiger partial charge in [0.05, 0.1) is 11.9 Å². The summed E-state index contributed by atoms with van der Waals surface area (Å²) in [5.74, 6) is 2.31. The van der Waals surface area contributed by atoms with Gasteiger partial charge in [0, 0.05) is 17.3 Å². The van der Waals surface area contributed by atoms with Gasteiger partial charge in [0.1, 0.15) is 0 Å². The summed E-state index contributed by atoms with van der Waals surface area (Å²) in [5, 5.41) is 11.4. The summed E-state index contributed by atoms with van der Waals surface area (Å²) >= 11 is 0. The van der Waals surface area contributed by atoms with E-state index >= 15 is 0 Å². The van der Waals surface area contributed by atoms with Crippen LogP contribution < -0.4 is 5.43 Å². The van der Waals surface area contributed by atoms with E-state index < -0.39 is 0 Å². The first-order valence-electron chi connectivity index (χ1n) is 9.50. The quantitative estimate of drug-likeness (QED) is 0.657. The van der Waals surface area contributed by atoms with Gasteiger partial charge in [0.2, 0.25) is 0 Å². The van der Waals surface area contributed by atoms with Gasteiger partial charge in [-0.25, -0.2) is 5.43 Å². The van der Waals surface area contributed by atoms with E-state index in [9.17, 15) is 4.79 Å². The number of pyridine rings is 1. The van der Waals surface area contributed by atoms with Gasteiger partial charge in [-0.1, -0.05) is 6.07 Å². The van der Waals surface area contributed by atoms with Gasteiger partial charge in [-0.05, 0) is 74.5 Å². The number of hydrogen-bond donors (Lipinski definition) is 2. The molecular weight excluding hydrogens is 326 g/mol. The molecule has 1 amide bonds. The van der Waals surface area contributed by atoms with Crippen LogP contribution in [-0.4, -0.2) is 27.3 Å². The summed E-state index contributed by atoms with van der Waals surface area (Å²) in [6.45, 7) is 0. The van der Waals surface area contributed by atoms with Crippen LogP contribution in [0.15, 0.2) is 35.6 Å². The maximum atomic E-state index is 12.3. The Kier molecular flexibility index (Phi) is 3.65. The Balaban J connectivity index is 1.29. The number of aromatic nitrogens is 3. The number of rotatable bonds is 4. The minimum absolute atomic E-state index is 0.220. The summed E-state index contributed by atoms with van der Waals surface area (Å²) in [6.07, 6.45) is 11.2. The number of nitrogens with zero attached hydrogens (tertiary/aromatic N) is 3. The fourth-order valence-electron chi connectivity index (χ4n) is 5.82. The highest BCUT2D eigenvalue weighted by molar-refractivity contribution is 5.93. The molecule has 0 spiro atoms. The lowest BCUT2D eigenvalue weighted by molar-refractivity contribution is -0.00721. The summed E-state index contributed by atoms with van der Waals surface area (Å²) in [4.78, 5) is 16.5. The zero-order valence-electron chi connectivity index (χ0n) is 14.7. The predicted octanol–water partition coefficient (Wildman–Crippen LogP) is 3.04. The molecule has 6 nitrogen and oxygen atoms in total. The Hall–Kier alpha value is -2.50. The van der Waals surface area contributed by atoms with E-state index in [4.69, 9.17) is 0 Å². The van der Waals surface area contributed by atoms with Crippen molar-refractivity contribution in [2.24, 2.45) is 22.9 Å². The van der Waals surface area contributed by atoms with Gasteiger partial charge >= 0.3 is 0 Å². The van der Waals surface area contributed by atoms with Crippen LogP contribution in [0.4, 0.5) is 0 Å². The molecule has 0 radical (unpaired) electrons. The zero-order chi connectivity index (χ0) is 17.6. The third-order valence-corrected chi connectivity index (χ3v) is 6.47. The van der Waals surface area contributed by atoms with E-state index in [0.29, 0.717) is 11.4 Å². The predicted molar refractivity (Wildman–Crippen MR) is 97.7 cm³/mol. The van der Waals surface area contributed by atoms with E-state index in [-0.39, 0.29) is 11.3 Å². The molecule has 4 fully saturated rings. The molecule has 0 saturated heterocycles. The lowest BCUT2D eigenvalue weighted by Crippen LogP contribution is -2.48. The lowest BCUT2D eigenvalue weighted by Gasteiger charge is -2.56. The van der Waals surface area contributed by atoms with E-state index in [1.54, 1.807) is 6.20 Å². The molecule has 4 aliphatic carbocycles. The number of amides is 1. The van der Waals surface area contributed by atoms with Crippen molar-refractivity contribution in [3.05, 3.63) is 47.5 Å². The van der Waals surface area contributed by atoms with Crippen LogP contribution in [0.5, 0.6) is 0 Å². The SMILES string of the molecule is O=C(NN=Cc1ccccn1)c1cc(C23CC4CC(CC(C4)C2)C3)[nH]n1. The smallest absolute Gasteiger partial charge is 0.281 e. The third-order valence-electron chi connectivity index (χ3n) is 6.47. The zero-order valence-corrected chi connectivity index (χ0v) is 14.7. The first-order valence-corrected chi connectivity index (χ1v) is 9.50. The monoisotopic (exact) mass is 349 g/mol. The second-order valence-electron chi connectivity index (χ2n) is 8.32. The number of hydrogen-bond acceptors (Lipinski definition) is 4. The molecule has 6 rings (SSSR count). The molecule has 134 valence electrons. The van der Waals surface area contributed by atoms with Gasteiger partial charge < -0.3 is 0 Å². The standard InChI is InChI=1S/C20H23N5O/c26-19(25-22-12-16-3-1-2-4-21-16)17-8-18(24-23-17)20-9-13-5-14(10-20)7-15(6-13)11-20/h1-4,8,12-15H,5-7,9-11H2,(H,23,24)(H,25,26). The average molecular weight is 349 g/mol. The fourth-order valence-corrected chi connectivity index (χ4v) is 5.82. The number of carbonyl (C=O) groups excluding carboxylic acids is 1. The molecule has 4 saturated carbocycles. The molecule has 6 heteroatoms. The highest BCUT2D eigenvalue weighted by Crippen LogP contribution is 2.60. The summed E-state index contributed by atoms with van der Waals surface area (Å²) in [5.41, 5.74) is 5.02. The topological polar surface area (TPSA) is 83.0 Å². The van der Waals surface area contributed by atoms with Gasteiger partial charge in [-0.15, -0.1) is 0 Å². The van der Waals surface area contributed by atoms with E-state index in [1.165, 1.54) is 44.7 Å². The molecular formula is C20H23N5O. The lowest BCUT2D eigenvalue weighted by atomic mass is 9.49. The maximum absolute atomic E-state index is 12.3. The van der Waals surface area contributed by atoms with Crippen molar-refractivity contribution in [1.82, 2.24) is 20.6 Å². The molecule has 0 aliphatic heterocycles. The molecule has 2 aromatic heterocycles. The Labute approximate surface area is 152 Å². The van der Waals surface area contributed by atoms with Gasteiger partial charge in [-0.3, -0.25) is 14.9 Å². The average Bonchev–Trinajstić information content (AvgIpc) is 3.13. The number of H-pyrrole nitrogens is 1. The van der Waals surface area contributed by atoms with Crippen molar-refractivity contribution < 1.29 is 4.79 Å². The Morgan fingerprint density at radius 2 is 1.92 bits per heavy atom. The fraction of sp³-hybridized carbons (Fsp3) is 0.500. The molecule has 4 bridgehead atoms. The largest absolute Gasteiger partial charge is 0.291 e. The number of hydrazone groups is 1. The summed E-state index contributed by atoms with van der Waals surface area (Å²) < 4.78 is 0. The van der Waals surface area contributed by atoms with Crippen molar-refractivity contribution in [2.45, 2.75) is 43.9 Å². The van der Waals surface area contributed by atoms with Crippen LogP contribution >= 0.6 is 0 Å². The molecule has 0 aromatic carbocycles. The van der Waals surface area contributed by atoms with E-state index in [2.05, 4.69) is 25.7 Å². The number of carbonyl (C=O) groups is 1. The van der Waals surface area contributed by atoms with Crippen molar-refractivity contribution in [3.63, 3.8) is 0 Å². The van der Waals surface area contributed by atoms with Gasteiger partial charge in [0.15, 0.2) is 5.69 Å². The van der Waals surface area contributed by atoms with Crippen molar-refractivity contribution in [3.8, 4) is 0 Å². The van der Waals surface area contributed by atoms with Crippen LogP contribution in [-0.2, 0) is 5.41 Å². The van der Waals surface area contributed by atoms with Crippen LogP contribution in [0.25, 0.3) is 0 Å². The molecule has 0 atom stereocenters. The second kappa shape index (κ2) is 6.04. The Morgan fingerprint density at radius 3 is 2.58 bits per heavy atom. The van der Waals surface area contributed by atoms with Crippen LogP contribution in [0, 0.1) is 17.8 Å². The highest BCUT2D eigenvalue weighted by Gasteiger charge is 2.52. The molecule has 2 N–H and O–H groups in total. The molecule has 26 heavy (non-hydrogen) atoms. The van der Waals surface area contributed by atoms with Crippen molar-refractivity contribution in [2.75, 3.05) is 0 Å². The summed E-state index contributed by atoms with van der Waals surface area (Å²) in [6, 6.07) is 7.49. The maximum Gasteiger partial charge on any atom is 0.291 e. The molecule has 2 aromatic rings. The second-order valence-corrected chi connectivity index (χ2v) is 8.32. The molecule has 0 unspecified atom stereocenters. The Morgan fingerprint density at radius 1 is 1.19 bits per heavy atom. The van der Waals surface area contributed by atoms with Crippen molar-refractivity contribution in [1.29, 1.82) is 0 Å². The number of nitrogens with one attached hydrogen (secondary N) is 2. The van der Waals surface area contributed by atoms with Crippen LogP contribution in [0.2, 0.25) is 0 Å². The first-order chi connectivity index (χ1) is 12.7. The van der Waals surface area contributed by atoms with Gasteiger partial charge in [-0.2, -0.15) is 10.2 Å². The Bertz CT molecular complexity index is 806. The molecule has 2 heterocycles. The van der Waals surface area contributed by atoms with E-state index in [0.717, 1.165) is 23.4 Å². The minimum atomic E-state index is -0.288. The van der Waals surface area contributed by atoms with Crippen molar-refractivity contribution >= 4 is 12.1 Å². The van der Waals surface area contributed by atoms with E-state index in [1.807, 2.05) is 24.3 Å². The van der Waals surface area contributed by atoms with Gasteiger partial charge in [0.25, 0.3) is 5.91 Å². The minimum Gasteiger partial charge on any atom is -0.281 e. The molecule has 4 aliphatic rings.